The summed E-state index contributed by atoms with van der Waals surface area (Å²) < 4.78 is 14.3. The molecule has 2 unspecified atom stereocenters. The molecule has 2 atom stereocenters. The van der Waals surface area contributed by atoms with Crippen molar-refractivity contribution < 1.29 is 9.50 Å². The zero-order chi connectivity index (χ0) is 15.5. The number of likely N-dealkylation sites (N-methyl/N-ethyl adjacent to an activating group) is 1. The number of nitrogens with zero attached hydrogens (tertiary/aromatic N) is 1. The predicted molar refractivity (Wildman–Crippen MR) is 86.6 cm³/mol. The van der Waals surface area contributed by atoms with Gasteiger partial charge in [0.1, 0.15) is 5.82 Å². The molecule has 2 N–H and O–H groups in total. The molecule has 4 heteroatoms. The van der Waals surface area contributed by atoms with Crippen LogP contribution in [0.2, 0.25) is 0 Å². The summed E-state index contributed by atoms with van der Waals surface area (Å²) in [5, 5.41) is 13.6. The van der Waals surface area contributed by atoms with Crippen LogP contribution in [0.25, 0.3) is 0 Å². The summed E-state index contributed by atoms with van der Waals surface area (Å²) >= 11 is 0. The molecule has 0 fully saturated rings. The van der Waals surface area contributed by atoms with Crippen LogP contribution in [-0.2, 0) is 6.42 Å². The second kappa shape index (κ2) is 6.46. The molecule has 22 heavy (non-hydrogen) atoms. The molecule has 1 aliphatic heterocycles. The highest BCUT2D eigenvalue weighted by Gasteiger charge is 2.33. The molecule has 0 amide bonds. The van der Waals surface area contributed by atoms with E-state index in [2.05, 4.69) is 5.32 Å². The van der Waals surface area contributed by atoms with E-state index in [4.69, 9.17) is 0 Å². The molecule has 1 heterocycles. The van der Waals surface area contributed by atoms with Gasteiger partial charge in [0.25, 0.3) is 0 Å². The molecule has 0 bridgehead atoms. The summed E-state index contributed by atoms with van der Waals surface area (Å²) in [4.78, 5) is 2.00. The van der Waals surface area contributed by atoms with Crippen molar-refractivity contribution in [1.29, 1.82) is 0 Å². The second-order valence-corrected chi connectivity index (χ2v) is 5.67. The minimum atomic E-state index is -0.613. The number of aliphatic hydroxyl groups excluding tert-OH is 1. The first-order chi connectivity index (χ1) is 10.7. The van der Waals surface area contributed by atoms with Crippen LogP contribution >= 0.6 is 0 Å². The molecule has 3 nitrogen and oxygen atoms in total. The Morgan fingerprint density at radius 2 is 1.95 bits per heavy atom. The van der Waals surface area contributed by atoms with E-state index in [1.807, 2.05) is 48.3 Å². The van der Waals surface area contributed by atoms with E-state index in [0.717, 1.165) is 24.1 Å². The van der Waals surface area contributed by atoms with Crippen LogP contribution in [0, 0.1) is 5.82 Å². The SMILES string of the molecule is CNCC(O)C(c1ccccc1)N1CCc2cccc(F)c21. The van der Waals surface area contributed by atoms with Gasteiger partial charge in [0, 0.05) is 13.1 Å². The average Bonchev–Trinajstić information content (AvgIpc) is 2.94. The number of nitrogens with one attached hydrogen (secondary N) is 1. The van der Waals surface area contributed by atoms with Gasteiger partial charge in [-0.05, 0) is 30.7 Å². The van der Waals surface area contributed by atoms with Crippen molar-refractivity contribution in [2.75, 3.05) is 25.0 Å². The quantitative estimate of drug-likeness (QED) is 0.890. The van der Waals surface area contributed by atoms with Crippen molar-refractivity contribution in [3.8, 4) is 0 Å². The highest BCUT2D eigenvalue weighted by molar-refractivity contribution is 5.60. The Balaban J connectivity index is 2.02. The van der Waals surface area contributed by atoms with Crippen molar-refractivity contribution in [1.82, 2.24) is 5.32 Å². The van der Waals surface area contributed by atoms with Crippen LogP contribution in [0.3, 0.4) is 0 Å². The smallest absolute Gasteiger partial charge is 0.146 e. The minimum absolute atomic E-state index is 0.215. The monoisotopic (exact) mass is 300 g/mol. The number of rotatable bonds is 5. The van der Waals surface area contributed by atoms with E-state index in [9.17, 15) is 9.50 Å². The predicted octanol–water partition coefficient (Wildman–Crippen LogP) is 2.51. The number of para-hydroxylation sites is 1. The molecular formula is C18H21FN2O. The van der Waals surface area contributed by atoms with E-state index in [0.29, 0.717) is 12.2 Å². The largest absolute Gasteiger partial charge is 0.389 e. The first-order valence-corrected chi connectivity index (χ1v) is 7.64. The standard InChI is InChI=1S/C18H21FN2O/c1-20-12-16(22)18(13-6-3-2-4-7-13)21-11-10-14-8-5-9-15(19)17(14)21/h2-9,16,18,20,22H,10-12H2,1H3. The number of fused-ring (bicyclic) bond motifs is 1. The number of anilines is 1. The number of hydrogen-bond acceptors (Lipinski definition) is 3. The number of benzene rings is 2. The fraction of sp³-hybridized carbons (Fsp3) is 0.333. The zero-order valence-corrected chi connectivity index (χ0v) is 12.7. The number of halogens is 1. The molecule has 1 aliphatic rings. The average molecular weight is 300 g/mol. The lowest BCUT2D eigenvalue weighted by molar-refractivity contribution is 0.141. The van der Waals surface area contributed by atoms with Gasteiger partial charge in [-0.2, -0.15) is 0 Å². The summed E-state index contributed by atoms with van der Waals surface area (Å²) in [7, 11) is 1.81. The Morgan fingerprint density at radius 3 is 2.68 bits per heavy atom. The van der Waals surface area contributed by atoms with Crippen molar-refractivity contribution in [3.63, 3.8) is 0 Å². The van der Waals surface area contributed by atoms with E-state index in [1.165, 1.54) is 6.07 Å². The van der Waals surface area contributed by atoms with Crippen LogP contribution in [0.15, 0.2) is 48.5 Å². The van der Waals surface area contributed by atoms with E-state index >= 15 is 0 Å². The first kappa shape index (κ1) is 15.0. The van der Waals surface area contributed by atoms with Crippen molar-refractivity contribution in [2.45, 2.75) is 18.6 Å². The van der Waals surface area contributed by atoms with Crippen molar-refractivity contribution in [2.24, 2.45) is 0 Å². The highest BCUT2D eigenvalue weighted by Crippen LogP contribution is 2.38. The second-order valence-electron chi connectivity index (χ2n) is 5.67. The molecule has 2 aromatic rings. The van der Waals surface area contributed by atoms with Gasteiger partial charge in [0.05, 0.1) is 17.8 Å². The zero-order valence-electron chi connectivity index (χ0n) is 12.7. The molecule has 116 valence electrons. The molecule has 0 radical (unpaired) electrons. The van der Waals surface area contributed by atoms with E-state index in [-0.39, 0.29) is 11.9 Å². The van der Waals surface area contributed by atoms with Gasteiger partial charge < -0.3 is 15.3 Å². The van der Waals surface area contributed by atoms with Gasteiger partial charge in [0.2, 0.25) is 0 Å². The Bertz CT molecular complexity index is 632. The minimum Gasteiger partial charge on any atom is -0.389 e. The normalized spacial score (nSPS) is 16.4. The molecule has 3 rings (SSSR count). The fourth-order valence-corrected chi connectivity index (χ4v) is 3.30. The van der Waals surface area contributed by atoms with Crippen molar-refractivity contribution in [3.05, 3.63) is 65.5 Å². The third-order valence-electron chi connectivity index (χ3n) is 4.23. The van der Waals surface area contributed by atoms with Gasteiger partial charge in [-0.3, -0.25) is 0 Å². The fourth-order valence-electron chi connectivity index (χ4n) is 3.30. The van der Waals surface area contributed by atoms with Crippen LogP contribution < -0.4 is 10.2 Å². The number of hydrogen-bond donors (Lipinski definition) is 2. The van der Waals surface area contributed by atoms with Gasteiger partial charge >= 0.3 is 0 Å². The number of aliphatic hydroxyl groups is 1. The Kier molecular flexibility index (Phi) is 4.41. The first-order valence-electron chi connectivity index (χ1n) is 7.64. The molecule has 0 spiro atoms. The van der Waals surface area contributed by atoms with Crippen LogP contribution in [-0.4, -0.2) is 31.3 Å². The molecular weight excluding hydrogens is 279 g/mol. The Labute approximate surface area is 130 Å². The summed E-state index contributed by atoms with van der Waals surface area (Å²) in [5.41, 5.74) is 2.64. The maximum Gasteiger partial charge on any atom is 0.146 e. The Hall–Kier alpha value is -1.91. The molecule has 0 saturated heterocycles. The third-order valence-corrected chi connectivity index (χ3v) is 4.23. The molecule has 0 saturated carbocycles. The van der Waals surface area contributed by atoms with Gasteiger partial charge in [-0.15, -0.1) is 0 Å². The summed E-state index contributed by atoms with van der Waals surface area (Å²) in [5.74, 6) is -0.215. The van der Waals surface area contributed by atoms with Crippen LogP contribution in [0.4, 0.5) is 10.1 Å². The van der Waals surface area contributed by atoms with E-state index < -0.39 is 6.10 Å². The van der Waals surface area contributed by atoms with Gasteiger partial charge in [-0.25, -0.2) is 4.39 Å². The molecule has 0 aliphatic carbocycles. The third kappa shape index (κ3) is 2.72. The summed E-state index contributed by atoms with van der Waals surface area (Å²) in [6, 6.07) is 14.8. The molecule has 0 aromatic heterocycles. The Morgan fingerprint density at radius 1 is 1.18 bits per heavy atom. The maximum absolute atomic E-state index is 14.3. The lowest BCUT2D eigenvalue weighted by atomic mass is 9.99. The summed E-state index contributed by atoms with van der Waals surface area (Å²) in [6.07, 6.45) is 0.195. The van der Waals surface area contributed by atoms with Crippen molar-refractivity contribution >= 4 is 5.69 Å². The van der Waals surface area contributed by atoms with Crippen LogP contribution in [0.5, 0.6) is 0 Å². The van der Waals surface area contributed by atoms with Crippen LogP contribution in [0.1, 0.15) is 17.2 Å². The lowest BCUT2D eigenvalue weighted by Crippen LogP contribution is -2.40. The summed E-state index contributed by atoms with van der Waals surface area (Å²) in [6.45, 7) is 1.18. The maximum atomic E-state index is 14.3. The topological polar surface area (TPSA) is 35.5 Å². The van der Waals surface area contributed by atoms with Gasteiger partial charge in [0.15, 0.2) is 0 Å². The van der Waals surface area contributed by atoms with E-state index in [1.54, 1.807) is 6.07 Å². The van der Waals surface area contributed by atoms with Gasteiger partial charge in [-0.1, -0.05) is 42.5 Å². The lowest BCUT2D eigenvalue weighted by Gasteiger charge is -2.34. The molecule has 2 aromatic carbocycles. The highest BCUT2D eigenvalue weighted by atomic mass is 19.1.